The molecule has 0 saturated carbocycles. The Labute approximate surface area is 161 Å². The molecule has 1 unspecified atom stereocenters. The molecule has 8 heteroatoms. The van der Waals surface area contributed by atoms with Gasteiger partial charge in [0, 0.05) is 51.9 Å². The summed E-state index contributed by atoms with van der Waals surface area (Å²) in [5, 5.41) is 7.49. The zero-order valence-electron chi connectivity index (χ0n) is 16.7. The molecule has 152 valence electrons. The van der Waals surface area contributed by atoms with Gasteiger partial charge in [-0.3, -0.25) is 9.89 Å². The van der Waals surface area contributed by atoms with Crippen LogP contribution in [0, 0.1) is 6.92 Å². The molecule has 1 atom stereocenters. The van der Waals surface area contributed by atoms with Crippen molar-refractivity contribution < 1.29 is 14.0 Å². The third-order valence-corrected chi connectivity index (χ3v) is 4.89. The third-order valence-electron chi connectivity index (χ3n) is 4.89. The highest BCUT2D eigenvalue weighted by atomic mass is 16.5. The Balaban J connectivity index is 1.38. The van der Waals surface area contributed by atoms with Gasteiger partial charge in [-0.1, -0.05) is 5.16 Å². The zero-order chi connectivity index (χ0) is 18.9. The Morgan fingerprint density at radius 3 is 2.89 bits per heavy atom. The summed E-state index contributed by atoms with van der Waals surface area (Å²) in [5.74, 6) is 1.85. The number of aryl methyl sites for hydroxylation is 1. The second kappa shape index (κ2) is 10.6. The molecule has 27 heavy (non-hydrogen) atoms. The van der Waals surface area contributed by atoms with Crippen LogP contribution in [-0.4, -0.2) is 86.1 Å². The standard InChI is InChI=1S/C19H33N5O3/c1-3-20-19(21-6-12-25-15-18-5-4-11-26-18)24-9-7-23(8-10-24)14-17-13-16(2)27-22-17/h13,18H,3-12,14-15H2,1-2H3,(H,20,21). The van der Waals surface area contributed by atoms with Crippen molar-refractivity contribution in [1.29, 1.82) is 0 Å². The van der Waals surface area contributed by atoms with Gasteiger partial charge in [0.25, 0.3) is 0 Å². The molecule has 3 heterocycles. The van der Waals surface area contributed by atoms with E-state index in [1.54, 1.807) is 0 Å². The van der Waals surface area contributed by atoms with E-state index in [2.05, 4.69) is 27.2 Å². The van der Waals surface area contributed by atoms with Crippen LogP contribution in [0.5, 0.6) is 0 Å². The zero-order valence-corrected chi connectivity index (χ0v) is 16.7. The first kappa shape index (κ1) is 20.1. The molecule has 0 aliphatic carbocycles. The van der Waals surface area contributed by atoms with E-state index in [9.17, 15) is 0 Å². The molecular weight excluding hydrogens is 346 g/mol. The fourth-order valence-electron chi connectivity index (χ4n) is 3.47. The Morgan fingerprint density at radius 1 is 1.37 bits per heavy atom. The predicted octanol–water partition coefficient (Wildman–Crippen LogP) is 1.26. The largest absolute Gasteiger partial charge is 0.377 e. The van der Waals surface area contributed by atoms with E-state index in [0.717, 1.165) is 76.1 Å². The Bertz CT molecular complexity index is 578. The van der Waals surface area contributed by atoms with E-state index >= 15 is 0 Å². The molecule has 2 fully saturated rings. The maximum absolute atomic E-state index is 5.72. The summed E-state index contributed by atoms with van der Waals surface area (Å²) in [6.07, 6.45) is 2.55. The quantitative estimate of drug-likeness (QED) is 0.414. The van der Waals surface area contributed by atoms with Crippen LogP contribution in [0.25, 0.3) is 0 Å². The fourth-order valence-corrected chi connectivity index (χ4v) is 3.47. The van der Waals surface area contributed by atoms with Gasteiger partial charge in [0.15, 0.2) is 5.96 Å². The van der Waals surface area contributed by atoms with Crippen LogP contribution in [0.1, 0.15) is 31.2 Å². The summed E-state index contributed by atoms with van der Waals surface area (Å²) in [6, 6.07) is 2.01. The Morgan fingerprint density at radius 2 is 2.22 bits per heavy atom. The second-order valence-corrected chi connectivity index (χ2v) is 7.14. The van der Waals surface area contributed by atoms with Gasteiger partial charge in [0.2, 0.25) is 0 Å². The minimum Gasteiger partial charge on any atom is -0.377 e. The molecule has 3 rings (SSSR count). The van der Waals surface area contributed by atoms with Crippen LogP contribution in [-0.2, 0) is 16.0 Å². The minimum atomic E-state index is 0.281. The van der Waals surface area contributed by atoms with Gasteiger partial charge in [-0.25, -0.2) is 0 Å². The number of hydrogen-bond donors (Lipinski definition) is 1. The van der Waals surface area contributed by atoms with Crippen LogP contribution in [0.2, 0.25) is 0 Å². The SMILES string of the molecule is CCNC(=NCCOCC1CCCO1)N1CCN(Cc2cc(C)on2)CC1. The molecule has 0 spiro atoms. The first-order chi connectivity index (χ1) is 13.2. The van der Waals surface area contributed by atoms with Gasteiger partial charge in [0.1, 0.15) is 5.76 Å². The number of aromatic nitrogens is 1. The maximum Gasteiger partial charge on any atom is 0.194 e. The van der Waals surface area contributed by atoms with Gasteiger partial charge in [-0.2, -0.15) is 0 Å². The van der Waals surface area contributed by atoms with E-state index in [1.165, 1.54) is 0 Å². The highest BCUT2D eigenvalue weighted by molar-refractivity contribution is 5.80. The lowest BCUT2D eigenvalue weighted by molar-refractivity contribution is 0.0199. The van der Waals surface area contributed by atoms with Gasteiger partial charge in [0.05, 0.1) is 31.6 Å². The minimum absolute atomic E-state index is 0.281. The van der Waals surface area contributed by atoms with Crippen LogP contribution in [0.15, 0.2) is 15.6 Å². The van der Waals surface area contributed by atoms with E-state index in [4.69, 9.17) is 19.0 Å². The number of hydrogen-bond acceptors (Lipinski definition) is 6. The summed E-state index contributed by atoms with van der Waals surface area (Å²) in [6.45, 7) is 12.5. The molecule has 1 aromatic heterocycles. The number of piperazine rings is 1. The topological polar surface area (TPSA) is 75.4 Å². The van der Waals surface area contributed by atoms with E-state index in [1.807, 2.05) is 13.0 Å². The lowest BCUT2D eigenvalue weighted by atomic mass is 10.2. The van der Waals surface area contributed by atoms with Gasteiger partial charge >= 0.3 is 0 Å². The summed E-state index contributed by atoms with van der Waals surface area (Å²) in [5.41, 5.74) is 1.00. The van der Waals surface area contributed by atoms with Gasteiger partial charge in [-0.15, -0.1) is 0 Å². The molecule has 8 nitrogen and oxygen atoms in total. The third kappa shape index (κ3) is 6.48. The monoisotopic (exact) mass is 379 g/mol. The molecule has 0 amide bonds. The predicted molar refractivity (Wildman–Crippen MR) is 104 cm³/mol. The number of rotatable bonds is 8. The average molecular weight is 380 g/mol. The van der Waals surface area contributed by atoms with Crippen molar-refractivity contribution in [3.05, 3.63) is 17.5 Å². The highest BCUT2D eigenvalue weighted by Crippen LogP contribution is 2.12. The second-order valence-electron chi connectivity index (χ2n) is 7.14. The Hall–Kier alpha value is -1.64. The van der Waals surface area contributed by atoms with Crippen LogP contribution < -0.4 is 5.32 Å². The van der Waals surface area contributed by atoms with Crippen molar-refractivity contribution in [3.63, 3.8) is 0 Å². The molecule has 2 aliphatic rings. The van der Waals surface area contributed by atoms with Crippen LogP contribution in [0.4, 0.5) is 0 Å². The van der Waals surface area contributed by atoms with Crippen molar-refractivity contribution in [2.45, 2.75) is 39.3 Å². The molecule has 2 aliphatic heterocycles. The number of ether oxygens (including phenoxy) is 2. The van der Waals surface area contributed by atoms with E-state index < -0.39 is 0 Å². The van der Waals surface area contributed by atoms with Crippen molar-refractivity contribution >= 4 is 5.96 Å². The smallest absolute Gasteiger partial charge is 0.194 e. The van der Waals surface area contributed by atoms with Gasteiger partial charge in [-0.05, 0) is 26.7 Å². The number of nitrogens with one attached hydrogen (secondary N) is 1. The molecule has 2 saturated heterocycles. The van der Waals surface area contributed by atoms with E-state index in [-0.39, 0.29) is 6.10 Å². The lowest BCUT2D eigenvalue weighted by Gasteiger charge is -2.36. The number of aliphatic imine (C=N–C) groups is 1. The first-order valence-electron chi connectivity index (χ1n) is 10.1. The molecule has 1 aromatic rings. The van der Waals surface area contributed by atoms with Crippen molar-refractivity contribution in [3.8, 4) is 0 Å². The molecule has 0 radical (unpaired) electrons. The van der Waals surface area contributed by atoms with Crippen molar-refractivity contribution in [2.24, 2.45) is 4.99 Å². The van der Waals surface area contributed by atoms with Crippen LogP contribution in [0.3, 0.4) is 0 Å². The molecule has 0 bridgehead atoms. The van der Waals surface area contributed by atoms with Crippen molar-refractivity contribution in [1.82, 2.24) is 20.3 Å². The Kier molecular flexibility index (Phi) is 7.92. The molecular formula is C19H33N5O3. The maximum atomic E-state index is 5.72. The van der Waals surface area contributed by atoms with Crippen molar-refractivity contribution in [2.75, 3.05) is 59.1 Å². The number of guanidine groups is 1. The molecule has 0 aromatic carbocycles. The van der Waals surface area contributed by atoms with Gasteiger partial charge < -0.3 is 24.2 Å². The fraction of sp³-hybridized carbons (Fsp3) is 0.789. The first-order valence-corrected chi connectivity index (χ1v) is 10.1. The summed E-state index contributed by atoms with van der Waals surface area (Å²) in [4.78, 5) is 9.47. The lowest BCUT2D eigenvalue weighted by Crippen LogP contribution is -2.52. The van der Waals surface area contributed by atoms with Crippen LogP contribution >= 0.6 is 0 Å². The average Bonchev–Trinajstić information content (AvgIpc) is 3.33. The highest BCUT2D eigenvalue weighted by Gasteiger charge is 2.20. The normalized spacial score (nSPS) is 21.8. The summed E-state index contributed by atoms with van der Waals surface area (Å²) in [7, 11) is 0. The van der Waals surface area contributed by atoms with E-state index in [0.29, 0.717) is 19.8 Å². The summed E-state index contributed by atoms with van der Waals surface area (Å²) < 4.78 is 16.4. The number of nitrogens with zero attached hydrogens (tertiary/aromatic N) is 4. The molecule has 1 N–H and O–H groups in total. The summed E-state index contributed by atoms with van der Waals surface area (Å²) >= 11 is 0.